The molecule has 0 aliphatic rings. The van der Waals surface area contributed by atoms with Crippen LogP contribution in [0.3, 0.4) is 0 Å². The van der Waals surface area contributed by atoms with Crippen molar-refractivity contribution in [2.24, 2.45) is 16.5 Å². The minimum absolute atomic E-state index is 0.0973. The van der Waals surface area contributed by atoms with Crippen molar-refractivity contribution in [1.82, 2.24) is 5.32 Å². The van der Waals surface area contributed by atoms with Gasteiger partial charge in [0, 0.05) is 13.0 Å². The zero-order valence-electron chi connectivity index (χ0n) is 18.8. The summed E-state index contributed by atoms with van der Waals surface area (Å²) in [6.45, 7) is 1.49. The van der Waals surface area contributed by atoms with Gasteiger partial charge in [-0.05, 0) is 12.8 Å². The molecule has 31 heavy (non-hydrogen) atoms. The number of aliphatic carboxylic acids is 1. The molecular formula is C21H42N4O6. The third-order valence-corrected chi connectivity index (χ3v) is 4.88. The normalized spacial score (nSPS) is 13.9. The molecule has 0 spiro atoms. The van der Waals surface area contributed by atoms with Crippen LogP contribution in [0.4, 0.5) is 0 Å². The maximum Gasteiger partial charge on any atom is 0.328 e. The van der Waals surface area contributed by atoms with E-state index in [4.69, 9.17) is 21.3 Å². The van der Waals surface area contributed by atoms with Crippen molar-refractivity contribution in [2.45, 2.75) is 95.8 Å². The van der Waals surface area contributed by atoms with Crippen LogP contribution in [0.2, 0.25) is 0 Å². The van der Waals surface area contributed by atoms with Gasteiger partial charge >= 0.3 is 5.97 Å². The van der Waals surface area contributed by atoms with Crippen molar-refractivity contribution in [3.8, 4) is 0 Å². The Kier molecular flexibility index (Phi) is 17.7. The van der Waals surface area contributed by atoms with Crippen LogP contribution in [0.5, 0.6) is 0 Å². The van der Waals surface area contributed by atoms with E-state index in [0.717, 1.165) is 19.3 Å². The molecule has 1 amide bonds. The van der Waals surface area contributed by atoms with Gasteiger partial charge in [-0.15, -0.1) is 0 Å². The number of carbonyl (C=O) groups is 2. The molecule has 0 rings (SSSR count). The Balaban J connectivity index is 4.50. The zero-order valence-corrected chi connectivity index (χ0v) is 18.8. The second-order valence-corrected chi connectivity index (χ2v) is 7.77. The number of amides is 1. The zero-order chi connectivity index (χ0) is 23.5. The summed E-state index contributed by atoms with van der Waals surface area (Å²) in [5.41, 5.74) is 10.6. The van der Waals surface area contributed by atoms with Gasteiger partial charge in [0.2, 0.25) is 5.91 Å². The first-order chi connectivity index (χ1) is 14.8. The van der Waals surface area contributed by atoms with Crippen LogP contribution in [0.15, 0.2) is 4.99 Å². The van der Waals surface area contributed by atoms with Crippen molar-refractivity contribution >= 4 is 17.8 Å². The number of carboxylic acids is 1. The number of nitrogens with one attached hydrogen (secondary N) is 1. The Morgan fingerprint density at radius 3 is 2.13 bits per heavy atom. The van der Waals surface area contributed by atoms with Crippen molar-refractivity contribution in [3.05, 3.63) is 0 Å². The number of carboxylic acid groups (broad SMARTS) is 1. The van der Waals surface area contributed by atoms with Gasteiger partial charge in [-0.1, -0.05) is 58.3 Å². The topological polar surface area (TPSA) is 180 Å². The van der Waals surface area contributed by atoms with Crippen molar-refractivity contribution < 1.29 is 29.6 Å². The Morgan fingerprint density at radius 1 is 1.03 bits per heavy atom. The minimum atomic E-state index is -1.31. The van der Waals surface area contributed by atoms with Gasteiger partial charge in [-0.3, -0.25) is 9.79 Å². The molecule has 0 aromatic carbocycles. The molecule has 0 aromatic rings. The van der Waals surface area contributed by atoms with E-state index in [1.807, 2.05) is 0 Å². The SMILES string of the molecule is CCCCCCCCCCCC(=O)N[C@H](C(=O)O)C(CCN=C(N)N)OCC(O)CO. The van der Waals surface area contributed by atoms with E-state index < -0.39 is 30.8 Å². The van der Waals surface area contributed by atoms with Gasteiger partial charge in [0.15, 0.2) is 12.0 Å². The van der Waals surface area contributed by atoms with E-state index >= 15 is 0 Å². The lowest BCUT2D eigenvalue weighted by molar-refractivity contribution is -0.148. The molecule has 8 N–H and O–H groups in total. The summed E-state index contributed by atoms with van der Waals surface area (Å²) in [4.78, 5) is 27.8. The van der Waals surface area contributed by atoms with Crippen molar-refractivity contribution in [2.75, 3.05) is 19.8 Å². The van der Waals surface area contributed by atoms with Gasteiger partial charge in [0.1, 0.15) is 6.10 Å². The number of nitrogens with two attached hydrogens (primary N) is 2. The summed E-state index contributed by atoms with van der Waals surface area (Å²) >= 11 is 0. The molecular weight excluding hydrogens is 404 g/mol. The lowest BCUT2D eigenvalue weighted by atomic mass is 10.1. The second kappa shape index (κ2) is 18.8. The maximum absolute atomic E-state index is 12.3. The lowest BCUT2D eigenvalue weighted by Gasteiger charge is -2.25. The Labute approximate surface area is 185 Å². The highest BCUT2D eigenvalue weighted by Crippen LogP contribution is 2.12. The fraction of sp³-hybridized carbons (Fsp3) is 0.857. The summed E-state index contributed by atoms with van der Waals surface area (Å²) < 4.78 is 5.44. The fourth-order valence-electron chi connectivity index (χ4n) is 3.11. The molecule has 0 saturated carbocycles. The van der Waals surface area contributed by atoms with Gasteiger partial charge in [-0.2, -0.15) is 0 Å². The molecule has 3 atom stereocenters. The number of aliphatic imine (C=N–C) groups is 1. The largest absolute Gasteiger partial charge is 0.480 e. The number of carbonyl (C=O) groups excluding carboxylic acids is 1. The Hall–Kier alpha value is -1.91. The molecule has 10 nitrogen and oxygen atoms in total. The summed E-state index contributed by atoms with van der Waals surface area (Å²) in [6.07, 6.45) is 8.30. The predicted octanol–water partition coefficient (Wildman–Crippen LogP) is 0.879. The number of guanidine groups is 1. The predicted molar refractivity (Wildman–Crippen MR) is 120 cm³/mol. The molecule has 0 saturated heterocycles. The van der Waals surface area contributed by atoms with Crippen LogP contribution in [0.1, 0.15) is 77.6 Å². The minimum Gasteiger partial charge on any atom is -0.480 e. The van der Waals surface area contributed by atoms with Crippen molar-refractivity contribution in [3.63, 3.8) is 0 Å². The van der Waals surface area contributed by atoms with Crippen LogP contribution >= 0.6 is 0 Å². The van der Waals surface area contributed by atoms with Gasteiger partial charge in [0.25, 0.3) is 0 Å². The summed E-state index contributed by atoms with van der Waals surface area (Å²) in [7, 11) is 0. The third kappa shape index (κ3) is 16.5. The summed E-state index contributed by atoms with van der Waals surface area (Å²) in [6, 6.07) is -1.31. The molecule has 0 radical (unpaired) electrons. The average Bonchev–Trinajstić information content (AvgIpc) is 2.72. The molecule has 2 unspecified atom stereocenters. The molecule has 0 bridgehead atoms. The number of hydrogen-bond acceptors (Lipinski definition) is 6. The highest BCUT2D eigenvalue weighted by molar-refractivity contribution is 5.84. The van der Waals surface area contributed by atoms with Gasteiger partial charge in [-0.25, -0.2) is 4.79 Å². The standard InChI is InChI=1S/C21H42N4O6/c1-2-3-4-5-6-7-8-9-10-11-18(28)25-19(20(29)30)17(12-13-24-21(22)23)31-15-16(27)14-26/h16-17,19,26-27H,2-15H2,1H3,(H,25,28)(H,29,30)(H4,22,23,24)/t16?,17?,19-/m0/s1. The van der Waals surface area contributed by atoms with E-state index in [1.165, 1.54) is 32.1 Å². The number of rotatable bonds is 20. The van der Waals surface area contributed by atoms with E-state index in [9.17, 15) is 19.8 Å². The van der Waals surface area contributed by atoms with E-state index in [0.29, 0.717) is 6.42 Å². The average molecular weight is 447 g/mol. The van der Waals surface area contributed by atoms with Crippen LogP contribution in [0.25, 0.3) is 0 Å². The molecule has 0 fully saturated rings. The smallest absolute Gasteiger partial charge is 0.328 e. The number of unbranched alkanes of at least 4 members (excludes halogenated alkanes) is 8. The highest BCUT2D eigenvalue weighted by Gasteiger charge is 2.30. The Morgan fingerprint density at radius 2 is 1.61 bits per heavy atom. The third-order valence-electron chi connectivity index (χ3n) is 4.88. The van der Waals surface area contributed by atoms with Crippen LogP contribution in [-0.2, 0) is 14.3 Å². The first-order valence-corrected chi connectivity index (χ1v) is 11.3. The number of aliphatic hydroxyl groups excluding tert-OH is 2. The summed E-state index contributed by atoms with van der Waals surface area (Å²) in [5.74, 6) is -1.77. The lowest BCUT2D eigenvalue weighted by Crippen LogP contribution is -2.50. The molecule has 0 aromatic heterocycles. The summed E-state index contributed by atoms with van der Waals surface area (Å²) in [5, 5.41) is 30.5. The first-order valence-electron chi connectivity index (χ1n) is 11.3. The molecule has 0 heterocycles. The van der Waals surface area contributed by atoms with Gasteiger partial charge < -0.3 is 36.8 Å². The van der Waals surface area contributed by atoms with Gasteiger partial charge in [0.05, 0.1) is 19.3 Å². The van der Waals surface area contributed by atoms with Crippen LogP contribution in [-0.4, -0.2) is 71.2 Å². The number of nitrogens with zero attached hydrogens (tertiary/aromatic N) is 1. The quantitative estimate of drug-likeness (QED) is 0.0905. The fourth-order valence-corrected chi connectivity index (χ4v) is 3.11. The van der Waals surface area contributed by atoms with E-state index in [-0.39, 0.29) is 37.9 Å². The maximum atomic E-state index is 12.3. The van der Waals surface area contributed by atoms with Crippen molar-refractivity contribution in [1.29, 1.82) is 0 Å². The van der Waals surface area contributed by atoms with E-state index in [1.54, 1.807) is 0 Å². The van der Waals surface area contributed by atoms with Crippen LogP contribution < -0.4 is 16.8 Å². The first kappa shape index (κ1) is 29.1. The second-order valence-electron chi connectivity index (χ2n) is 7.77. The molecule has 0 aliphatic heterocycles. The number of hydrogen-bond donors (Lipinski definition) is 6. The molecule has 182 valence electrons. The Bertz CT molecular complexity index is 514. The highest BCUT2D eigenvalue weighted by atomic mass is 16.5. The number of ether oxygens (including phenoxy) is 1. The van der Waals surface area contributed by atoms with Crippen LogP contribution in [0, 0.1) is 0 Å². The molecule has 10 heteroatoms. The van der Waals surface area contributed by atoms with E-state index in [2.05, 4.69) is 17.2 Å². The monoisotopic (exact) mass is 446 g/mol. The molecule has 0 aliphatic carbocycles. The number of aliphatic hydroxyl groups is 2.